The minimum absolute atomic E-state index is 0.360. The van der Waals surface area contributed by atoms with Gasteiger partial charge in [0.05, 0.1) is 35.4 Å². The Morgan fingerprint density at radius 3 is 1.76 bits per heavy atom. The van der Waals surface area contributed by atoms with Crippen molar-refractivity contribution in [3.63, 3.8) is 0 Å². The second-order valence-corrected chi connectivity index (χ2v) is 13.4. The lowest BCUT2D eigenvalue weighted by Crippen LogP contribution is -2.14. The summed E-state index contributed by atoms with van der Waals surface area (Å²) in [5.74, 6) is 1.48. The van der Waals surface area contributed by atoms with Crippen molar-refractivity contribution in [1.29, 1.82) is 0 Å². The summed E-state index contributed by atoms with van der Waals surface area (Å²) in [4.78, 5) is 10.6. The molecule has 5 aromatic rings. The van der Waals surface area contributed by atoms with Crippen LogP contribution in [0.15, 0.2) is 94.9 Å². The summed E-state index contributed by atoms with van der Waals surface area (Å²) in [5, 5.41) is 6.27. The highest BCUT2D eigenvalue weighted by Crippen LogP contribution is 2.36. The zero-order valence-corrected chi connectivity index (χ0v) is 28.5. The summed E-state index contributed by atoms with van der Waals surface area (Å²) in [7, 11) is 0. The van der Waals surface area contributed by atoms with Gasteiger partial charge in [0.1, 0.15) is 5.69 Å². The van der Waals surface area contributed by atoms with Crippen LogP contribution >= 0.6 is 0 Å². The van der Waals surface area contributed by atoms with Gasteiger partial charge in [0.25, 0.3) is 0 Å². The quantitative estimate of drug-likeness (QED) is 0.148. The second-order valence-electron chi connectivity index (χ2n) is 13.4. The number of hydrogen-bond acceptors (Lipinski definition) is 3. The first kappa shape index (κ1) is 32.1. The average Bonchev–Trinajstić information content (AvgIpc) is 3.36. The van der Waals surface area contributed by atoms with E-state index in [9.17, 15) is 0 Å². The third-order valence-electron chi connectivity index (χ3n) is 8.58. The molecular weight excluding hydrogens is 548 g/mol. The zero-order chi connectivity index (χ0) is 32.2. The maximum Gasteiger partial charge on any atom is 0.111 e. The fourth-order valence-corrected chi connectivity index (χ4v) is 6.09. The van der Waals surface area contributed by atoms with Gasteiger partial charge in [0.15, 0.2) is 0 Å². The molecule has 0 bridgehead atoms. The lowest BCUT2D eigenvalue weighted by atomic mass is 9.92. The van der Waals surface area contributed by atoms with Crippen molar-refractivity contribution in [1.82, 2.24) is 9.78 Å². The molecule has 1 heterocycles. The molecule has 5 rings (SSSR count). The van der Waals surface area contributed by atoms with Crippen LogP contribution in [0.1, 0.15) is 118 Å². The van der Waals surface area contributed by atoms with E-state index >= 15 is 0 Å². The minimum Gasteiger partial charge on any atom is -0.258 e. The van der Waals surface area contributed by atoms with Crippen LogP contribution in [0.25, 0.3) is 10.9 Å². The number of fused-ring (bicyclic) bond motifs is 1. The third kappa shape index (κ3) is 7.01. The van der Waals surface area contributed by atoms with Crippen molar-refractivity contribution in [2.75, 3.05) is 0 Å². The molecule has 0 aliphatic heterocycles. The molecule has 0 saturated carbocycles. The molecule has 4 heteroatoms. The van der Waals surface area contributed by atoms with Crippen LogP contribution in [-0.2, 0) is 6.54 Å². The monoisotopic (exact) mass is 596 g/mol. The molecule has 0 saturated heterocycles. The maximum atomic E-state index is 5.50. The van der Waals surface area contributed by atoms with Gasteiger partial charge in [-0.3, -0.25) is 14.7 Å². The lowest BCUT2D eigenvalue weighted by Gasteiger charge is -2.18. The molecule has 0 aliphatic carbocycles. The van der Waals surface area contributed by atoms with Crippen LogP contribution in [0.5, 0.6) is 0 Å². The second kappa shape index (κ2) is 13.8. The highest BCUT2D eigenvalue weighted by Gasteiger charge is 2.18. The predicted octanol–water partition coefficient (Wildman–Crippen LogP) is 11.4. The molecule has 0 unspecified atom stereocenters. The zero-order valence-electron chi connectivity index (χ0n) is 28.5. The van der Waals surface area contributed by atoms with Crippen LogP contribution in [-0.4, -0.2) is 21.7 Å². The van der Waals surface area contributed by atoms with E-state index in [4.69, 9.17) is 15.1 Å². The Bertz CT molecular complexity index is 1800. The molecule has 4 nitrogen and oxygen atoms in total. The minimum atomic E-state index is 0.360. The summed E-state index contributed by atoms with van der Waals surface area (Å²) < 4.78 is 2.10. The van der Waals surface area contributed by atoms with Crippen LogP contribution in [0.3, 0.4) is 0 Å². The van der Waals surface area contributed by atoms with Crippen molar-refractivity contribution in [2.24, 2.45) is 9.98 Å². The Balaban J connectivity index is 1.66. The first-order valence-corrected chi connectivity index (χ1v) is 16.4. The molecule has 232 valence electrons. The molecule has 0 fully saturated rings. The Morgan fingerprint density at radius 2 is 1.20 bits per heavy atom. The van der Waals surface area contributed by atoms with E-state index in [0.29, 0.717) is 30.2 Å². The summed E-state index contributed by atoms with van der Waals surface area (Å²) in [6.45, 7) is 20.6. The van der Waals surface area contributed by atoms with Crippen molar-refractivity contribution < 1.29 is 0 Å². The van der Waals surface area contributed by atoms with Crippen LogP contribution in [0.2, 0.25) is 0 Å². The molecule has 0 amide bonds. The molecule has 0 aliphatic rings. The van der Waals surface area contributed by atoms with E-state index in [2.05, 4.69) is 152 Å². The normalized spacial score (nSPS) is 12.6. The number of para-hydroxylation sites is 3. The number of hydrogen-bond donors (Lipinski definition) is 0. The standard InChI is InChI=1S/C41H48N4/c1-26(2)32-18-13-19-33(27(3)4)40(32)42-24-37-36-17-10-11-22-39(36)45(44-37)25-38(31-16-12-15-30(9)23-31)43-41-34(28(5)6)20-14-21-35(41)29(7)8/h10-24,26-29H,25H2,1-9H3/b42-24+,43-38-. The number of aromatic nitrogens is 2. The Hall–Kier alpha value is -4.31. The molecule has 1 aromatic heterocycles. The Labute approximate surface area is 270 Å². The number of rotatable bonds is 10. The van der Waals surface area contributed by atoms with Crippen molar-refractivity contribution in [3.05, 3.63) is 124 Å². The predicted molar refractivity (Wildman–Crippen MR) is 194 cm³/mol. The smallest absolute Gasteiger partial charge is 0.111 e. The largest absolute Gasteiger partial charge is 0.258 e. The van der Waals surface area contributed by atoms with Crippen LogP contribution in [0.4, 0.5) is 11.4 Å². The highest BCUT2D eigenvalue weighted by molar-refractivity contribution is 6.04. The number of aliphatic imine (C=N–C) groups is 2. The van der Waals surface area contributed by atoms with Gasteiger partial charge in [-0.1, -0.05) is 140 Å². The van der Waals surface area contributed by atoms with E-state index in [1.807, 2.05) is 6.21 Å². The number of nitrogens with zero attached hydrogens (tertiary/aromatic N) is 4. The topological polar surface area (TPSA) is 42.5 Å². The van der Waals surface area contributed by atoms with E-state index in [-0.39, 0.29) is 0 Å². The maximum absolute atomic E-state index is 5.50. The first-order chi connectivity index (χ1) is 21.5. The molecule has 0 spiro atoms. The molecule has 4 aromatic carbocycles. The number of aryl methyl sites for hydroxylation is 1. The van der Waals surface area contributed by atoms with Gasteiger partial charge in [-0.05, 0) is 64.5 Å². The lowest BCUT2D eigenvalue weighted by molar-refractivity contribution is 0.748. The van der Waals surface area contributed by atoms with Crippen molar-refractivity contribution >= 4 is 34.2 Å². The van der Waals surface area contributed by atoms with Gasteiger partial charge in [0, 0.05) is 5.39 Å². The van der Waals surface area contributed by atoms with Gasteiger partial charge in [-0.25, -0.2) is 0 Å². The average molecular weight is 597 g/mol. The first-order valence-electron chi connectivity index (χ1n) is 16.4. The van der Waals surface area contributed by atoms with Gasteiger partial charge in [0.2, 0.25) is 0 Å². The van der Waals surface area contributed by atoms with Crippen molar-refractivity contribution in [2.45, 2.75) is 92.5 Å². The van der Waals surface area contributed by atoms with Gasteiger partial charge < -0.3 is 0 Å². The fraction of sp³-hybridized carbons (Fsp3) is 0.341. The summed E-state index contributed by atoms with van der Waals surface area (Å²) in [5.41, 5.74) is 12.5. The fourth-order valence-electron chi connectivity index (χ4n) is 6.09. The Morgan fingerprint density at radius 1 is 0.667 bits per heavy atom. The molecule has 0 atom stereocenters. The van der Waals surface area contributed by atoms with Crippen molar-refractivity contribution in [3.8, 4) is 0 Å². The van der Waals surface area contributed by atoms with E-state index in [1.54, 1.807) is 0 Å². The van der Waals surface area contributed by atoms with Crippen LogP contribution in [0, 0.1) is 6.92 Å². The summed E-state index contributed by atoms with van der Waals surface area (Å²) in [6.07, 6.45) is 1.96. The van der Waals surface area contributed by atoms with Gasteiger partial charge in [-0.2, -0.15) is 5.10 Å². The van der Waals surface area contributed by atoms with E-state index < -0.39 is 0 Å². The molecule has 0 radical (unpaired) electrons. The third-order valence-corrected chi connectivity index (χ3v) is 8.58. The van der Waals surface area contributed by atoms with Gasteiger partial charge in [-0.15, -0.1) is 0 Å². The van der Waals surface area contributed by atoms with E-state index in [0.717, 1.165) is 39.2 Å². The van der Waals surface area contributed by atoms with E-state index in [1.165, 1.54) is 27.8 Å². The molecule has 45 heavy (non-hydrogen) atoms. The Kier molecular flexibility index (Phi) is 9.82. The summed E-state index contributed by atoms with van der Waals surface area (Å²) >= 11 is 0. The molecular formula is C41H48N4. The SMILES string of the molecule is Cc1cccc(/C(Cn2nc(/C=N/c3c(C(C)C)cccc3C(C)C)c3ccccc32)=N\c2c(C(C)C)cccc2C(C)C)c1. The van der Waals surface area contributed by atoms with Crippen LogP contribution < -0.4 is 0 Å². The number of benzene rings is 4. The highest BCUT2D eigenvalue weighted by atomic mass is 15.3. The van der Waals surface area contributed by atoms with Gasteiger partial charge >= 0.3 is 0 Å². The summed E-state index contributed by atoms with van der Waals surface area (Å²) in [6, 6.07) is 30.3. The molecule has 0 N–H and O–H groups in total.